The summed E-state index contributed by atoms with van der Waals surface area (Å²) in [5.41, 5.74) is 1.31. The second-order valence-electron chi connectivity index (χ2n) is 4.90. The van der Waals surface area contributed by atoms with E-state index < -0.39 is 0 Å². The first-order valence-corrected chi connectivity index (χ1v) is 7.40. The van der Waals surface area contributed by atoms with E-state index in [4.69, 9.17) is 0 Å². The van der Waals surface area contributed by atoms with Crippen LogP contribution in [-0.4, -0.2) is 50.1 Å². The van der Waals surface area contributed by atoms with Crippen LogP contribution in [0.1, 0.15) is 19.4 Å². The first kappa shape index (κ1) is 19.9. The Morgan fingerprint density at radius 2 is 1.81 bits per heavy atom. The second kappa shape index (κ2) is 11.5. The van der Waals surface area contributed by atoms with Gasteiger partial charge in [-0.2, -0.15) is 0 Å². The maximum Gasteiger partial charge on any atom is 0.234 e. The monoisotopic (exact) mass is 313 g/mol. The van der Waals surface area contributed by atoms with Crippen LogP contribution in [0.5, 0.6) is 0 Å². The number of benzene rings is 1. The molecule has 120 valence electrons. The highest BCUT2D eigenvalue weighted by Crippen LogP contribution is 2.08. The zero-order chi connectivity index (χ0) is 14.8. The molecule has 5 heteroatoms. The van der Waals surface area contributed by atoms with E-state index in [-0.39, 0.29) is 18.3 Å². The Morgan fingerprint density at radius 1 is 1.19 bits per heavy atom. The Balaban J connectivity index is 0.00000400. The third-order valence-corrected chi connectivity index (χ3v) is 3.52. The fourth-order valence-electron chi connectivity index (χ4n) is 2.41. The molecule has 21 heavy (non-hydrogen) atoms. The number of nitrogens with one attached hydrogen (secondary N) is 2. The maximum absolute atomic E-state index is 11.6. The summed E-state index contributed by atoms with van der Waals surface area (Å²) >= 11 is 0. The molecule has 1 aromatic rings. The number of carbonyl (C=O) groups excluding carboxylic acids is 1. The molecule has 0 fully saturated rings. The largest absolute Gasteiger partial charge is 0.353 e. The van der Waals surface area contributed by atoms with E-state index in [1.54, 1.807) is 7.05 Å². The van der Waals surface area contributed by atoms with E-state index in [9.17, 15) is 4.79 Å². The van der Waals surface area contributed by atoms with Crippen molar-refractivity contribution in [2.24, 2.45) is 0 Å². The van der Waals surface area contributed by atoms with Crippen molar-refractivity contribution in [3.8, 4) is 0 Å². The number of rotatable bonds is 9. The molecular formula is C16H28ClN3O. The van der Waals surface area contributed by atoms with Gasteiger partial charge in [0.15, 0.2) is 0 Å². The van der Waals surface area contributed by atoms with E-state index >= 15 is 0 Å². The minimum absolute atomic E-state index is 0. The summed E-state index contributed by atoms with van der Waals surface area (Å²) in [6, 6.07) is 10.8. The lowest BCUT2D eigenvalue weighted by Crippen LogP contribution is -2.46. The Labute approximate surface area is 134 Å². The molecule has 1 atom stereocenters. The molecule has 4 nitrogen and oxygen atoms in total. The summed E-state index contributed by atoms with van der Waals surface area (Å²) in [6.07, 6.45) is 0.961. The number of carbonyl (C=O) groups is 1. The molecule has 0 spiro atoms. The first-order valence-electron chi connectivity index (χ1n) is 7.40. The number of hydrogen-bond acceptors (Lipinski definition) is 3. The second-order valence-corrected chi connectivity index (χ2v) is 4.90. The van der Waals surface area contributed by atoms with Gasteiger partial charge in [0.2, 0.25) is 5.91 Å². The summed E-state index contributed by atoms with van der Waals surface area (Å²) in [5, 5.41) is 5.88. The minimum Gasteiger partial charge on any atom is -0.353 e. The minimum atomic E-state index is 0. The summed E-state index contributed by atoms with van der Waals surface area (Å²) in [5.74, 6) is 0.0534. The molecule has 2 N–H and O–H groups in total. The average molecular weight is 314 g/mol. The SMILES string of the molecule is CCN(CC)C(CNC(=O)CNC)Cc1ccccc1.Cl. The van der Waals surface area contributed by atoms with Crippen molar-refractivity contribution in [1.29, 1.82) is 0 Å². The molecule has 0 saturated carbocycles. The summed E-state index contributed by atoms with van der Waals surface area (Å²) in [4.78, 5) is 14.0. The van der Waals surface area contributed by atoms with Gasteiger partial charge in [-0.3, -0.25) is 9.69 Å². The Kier molecular flexibility index (Phi) is 10.9. The lowest BCUT2D eigenvalue weighted by atomic mass is 10.0. The summed E-state index contributed by atoms with van der Waals surface area (Å²) < 4.78 is 0. The number of halogens is 1. The van der Waals surface area contributed by atoms with Crippen molar-refractivity contribution in [1.82, 2.24) is 15.5 Å². The zero-order valence-corrected chi connectivity index (χ0v) is 14.1. The molecule has 0 radical (unpaired) electrons. The number of hydrogen-bond donors (Lipinski definition) is 2. The summed E-state index contributed by atoms with van der Waals surface area (Å²) in [6.45, 7) is 7.38. The van der Waals surface area contributed by atoms with Crippen LogP contribution in [0.25, 0.3) is 0 Å². The highest BCUT2D eigenvalue weighted by molar-refractivity contribution is 5.85. The first-order chi connectivity index (χ1) is 9.71. The van der Waals surface area contributed by atoms with Crippen LogP contribution in [0.4, 0.5) is 0 Å². The van der Waals surface area contributed by atoms with Gasteiger partial charge in [-0.1, -0.05) is 44.2 Å². The fourth-order valence-corrected chi connectivity index (χ4v) is 2.41. The van der Waals surface area contributed by atoms with Crippen LogP contribution < -0.4 is 10.6 Å². The molecule has 0 aromatic heterocycles. The number of amides is 1. The molecular weight excluding hydrogens is 286 g/mol. The Bertz CT molecular complexity index is 382. The highest BCUT2D eigenvalue weighted by atomic mass is 35.5. The van der Waals surface area contributed by atoms with E-state index in [1.807, 2.05) is 6.07 Å². The molecule has 1 unspecified atom stereocenters. The predicted molar refractivity (Wildman–Crippen MR) is 91.0 cm³/mol. The predicted octanol–water partition coefficient (Wildman–Crippen LogP) is 1.70. The van der Waals surface area contributed by atoms with Gasteiger partial charge < -0.3 is 10.6 Å². The Hall–Kier alpha value is -1.10. The molecule has 1 amide bonds. The molecule has 0 bridgehead atoms. The molecule has 1 rings (SSSR count). The van der Waals surface area contributed by atoms with Crippen LogP contribution in [0.15, 0.2) is 30.3 Å². The lowest BCUT2D eigenvalue weighted by molar-refractivity contribution is -0.120. The van der Waals surface area contributed by atoms with Gasteiger partial charge in [-0.25, -0.2) is 0 Å². The highest BCUT2D eigenvalue weighted by Gasteiger charge is 2.17. The van der Waals surface area contributed by atoms with Gasteiger partial charge in [0.1, 0.15) is 0 Å². The fraction of sp³-hybridized carbons (Fsp3) is 0.562. The van der Waals surface area contributed by atoms with Crippen molar-refractivity contribution in [3.05, 3.63) is 35.9 Å². The van der Waals surface area contributed by atoms with Gasteiger partial charge in [0, 0.05) is 12.6 Å². The van der Waals surface area contributed by atoms with Crippen LogP contribution in [0.2, 0.25) is 0 Å². The third kappa shape index (κ3) is 7.46. The van der Waals surface area contributed by atoms with Crippen molar-refractivity contribution in [2.45, 2.75) is 26.3 Å². The Morgan fingerprint density at radius 3 is 2.33 bits per heavy atom. The molecule has 0 aliphatic carbocycles. The maximum atomic E-state index is 11.6. The molecule has 0 heterocycles. The van der Waals surface area contributed by atoms with Crippen molar-refractivity contribution in [3.63, 3.8) is 0 Å². The van der Waals surface area contributed by atoms with E-state index in [0.717, 1.165) is 19.5 Å². The smallest absolute Gasteiger partial charge is 0.234 e. The number of nitrogens with zero attached hydrogens (tertiary/aromatic N) is 1. The zero-order valence-electron chi connectivity index (χ0n) is 13.3. The van der Waals surface area contributed by atoms with Gasteiger partial charge in [0.05, 0.1) is 6.54 Å². The quantitative estimate of drug-likeness (QED) is 0.729. The summed E-state index contributed by atoms with van der Waals surface area (Å²) in [7, 11) is 1.78. The third-order valence-electron chi connectivity index (χ3n) is 3.52. The molecule has 0 saturated heterocycles. The van der Waals surface area contributed by atoms with Crippen molar-refractivity contribution in [2.75, 3.05) is 33.2 Å². The van der Waals surface area contributed by atoms with Crippen LogP contribution in [-0.2, 0) is 11.2 Å². The van der Waals surface area contributed by atoms with Crippen LogP contribution >= 0.6 is 12.4 Å². The molecule has 0 aliphatic rings. The molecule has 1 aromatic carbocycles. The van der Waals surface area contributed by atoms with Gasteiger partial charge >= 0.3 is 0 Å². The van der Waals surface area contributed by atoms with E-state index in [0.29, 0.717) is 19.1 Å². The average Bonchev–Trinajstić information content (AvgIpc) is 2.47. The normalized spacial score (nSPS) is 11.8. The lowest BCUT2D eigenvalue weighted by Gasteiger charge is -2.30. The van der Waals surface area contributed by atoms with Gasteiger partial charge in [-0.15, -0.1) is 12.4 Å². The van der Waals surface area contributed by atoms with Gasteiger partial charge in [0.25, 0.3) is 0 Å². The van der Waals surface area contributed by atoms with Crippen molar-refractivity contribution < 1.29 is 4.79 Å². The van der Waals surface area contributed by atoms with E-state index in [2.05, 4.69) is 53.6 Å². The van der Waals surface area contributed by atoms with Gasteiger partial charge in [-0.05, 0) is 32.1 Å². The van der Waals surface area contributed by atoms with Crippen LogP contribution in [0.3, 0.4) is 0 Å². The van der Waals surface area contributed by atoms with Crippen molar-refractivity contribution >= 4 is 18.3 Å². The topological polar surface area (TPSA) is 44.4 Å². The van der Waals surface area contributed by atoms with Crippen LogP contribution in [0, 0.1) is 0 Å². The number of likely N-dealkylation sites (N-methyl/N-ethyl adjacent to an activating group) is 2. The molecule has 0 aliphatic heterocycles. The standard InChI is InChI=1S/C16H27N3O.ClH/c1-4-19(5-2)15(12-18-16(20)13-17-3)11-14-9-7-6-8-10-14;/h6-10,15,17H,4-5,11-13H2,1-3H3,(H,18,20);1H. The van der Waals surface area contributed by atoms with E-state index in [1.165, 1.54) is 5.56 Å².